The number of amides is 1. The van der Waals surface area contributed by atoms with Gasteiger partial charge in [0.25, 0.3) is 5.91 Å². The van der Waals surface area contributed by atoms with Crippen LogP contribution >= 0.6 is 0 Å². The van der Waals surface area contributed by atoms with Gasteiger partial charge in [-0.05, 0) is 16.8 Å². The molecule has 4 rings (SSSR count). The topological polar surface area (TPSA) is 99.8 Å². The Labute approximate surface area is 160 Å². The zero-order valence-corrected chi connectivity index (χ0v) is 14.8. The number of aromatic nitrogens is 6. The molecule has 4 aromatic rings. The third kappa shape index (κ3) is 4.27. The number of rotatable bonds is 7. The number of carbonyl (C=O) groups is 1. The molecule has 0 spiro atoms. The van der Waals surface area contributed by atoms with Crippen molar-refractivity contribution in [3.05, 3.63) is 84.2 Å². The molecule has 2 heterocycles. The smallest absolute Gasteiger partial charge is 0.269 e. The molecule has 0 bridgehead atoms. The van der Waals surface area contributed by atoms with Crippen LogP contribution in [-0.4, -0.2) is 35.9 Å². The van der Waals surface area contributed by atoms with E-state index in [1.165, 1.54) is 4.80 Å². The largest absolute Gasteiger partial charge is 0.295 e. The highest BCUT2D eigenvalue weighted by Crippen LogP contribution is 2.11. The van der Waals surface area contributed by atoms with E-state index in [0.29, 0.717) is 5.82 Å². The van der Waals surface area contributed by atoms with Crippen LogP contribution in [0.15, 0.2) is 72.9 Å². The fourth-order valence-corrected chi connectivity index (χ4v) is 2.51. The third-order valence-corrected chi connectivity index (χ3v) is 3.88. The molecule has 0 radical (unpaired) electrons. The van der Waals surface area contributed by atoms with Crippen molar-refractivity contribution in [2.24, 2.45) is 0 Å². The van der Waals surface area contributed by atoms with Gasteiger partial charge in [0.1, 0.15) is 0 Å². The molecule has 0 unspecified atom stereocenters. The minimum Gasteiger partial charge on any atom is -0.269 e. The molecule has 1 N–H and O–H groups in total. The molecule has 0 aliphatic heterocycles. The van der Waals surface area contributed by atoms with Gasteiger partial charge in [0.15, 0.2) is 12.4 Å². The average molecular weight is 375 g/mol. The van der Waals surface area contributed by atoms with Gasteiger partial charge in [-0.15, -0.1) is 15.0 Å². The zero-order chi connectivity index (χ0) is 19.2. The summed E-state index contributed by atoms with van der Waals surface area (Å²) < 4.78 is 1.54. The third-order valence-electron chi connectivity index (χ3n) is 3.88. The highest BCUT2D eigenvalue weighted by molar-refractivity contribution is 5.91. The van der Waals surface area contributed by atoms with Crippen LogP contribution in [0.4, 0.5) is 0 Å². The fourth-order valence-electron chi connectivity index (χ4n) is 2.51. The molecule has 0 fully saturated rings. The van der Waals surface area contributed by atoms with E-state index in [4.69, 9.17) is 4.84 Å². The van der Waals surface area contributed by atoms with Crippen LogP contribution in [0.1, 0.15) is 16.1 Å². The summed E-state index contributed by atoms with van der Waals surface area (Å²) in [4.78, 5) is 18.8. The first-order chi connectivity index (χ1) is 13.8. The van der Waals surface area contributed by atoms with Crippen molar-refractivity contribution in [1.29, 1.82) is 0 Å². The summed E-state index contributed by atoms with van der Waals surface area (Å²) in [5.41, 5.74) is 4.46. The number of nitrogens with zero attached hydrogens (tertiary/aromatic N) is 6. The minimum absolute atomic E-state index is 0.233. The Bertz CT molecular complexity index is 1040. The highest BCUT2D eigenvalue weighted by atomic mass is 16.6. The van der Waals surface area contributed by atoms with Crippen molar-refractivity contribution in [1.82, 2.24) is 35.5 Å². The highest BCUT2D eigenvalue weighted by Gasteiger charge is 2.11. The lowest BCUT2D eigenvalue weighted by atomic mass is 10.2. The molecule has 0 atom stereocenters. The number of hydrogen-bond donors (Lipinski definition) is 1. The molecule has 0 aliphatic carbocycles. The normalized spacial score (nSPS) is 10.7. The molecule has 0 saturated carbocycles. The van der Waals surface area contributed by atoms with E-state index in [1.54, 1.807) is 16.9 Å². The second kappa shape index (κ2) is 8.23. The maximum atomic E-state index is 12.1. The molecular weight excluding hydrogens is 358 g/mol. The van der Waals surface area contributed by atoms with E-state index in [9.17, 15) is 4.79 Å². The van der Waals surface area contributed by atoms with E-state index in [-0.39, 0.29) is 19.0 Å². The van der Waals surface area contributed by atoms with E-state index in [2.05, 4.69) is 26.0 Å². The number of nitrogens with one attached hydrogen (secondary N) is 1. The van der Waals surface area contributed by atoms with Crippen LogP contribution in [0.5, 0.6) is 0 Å². The summed E-state index contributed by atoms with van der Waals surface area (Å²) in [5.74, 6) is 0.103. The Balaban J connectivity index is 1.33. The summed E-state index contributed by atoms with van der Waals surface area (Å²) >= 11 is 0. The predicted octanol–water partition coefficient (Wildman–Crippen LogP) is 1.90. The first-order valence-corrected chi connectivity index (χ1v) is 8.61. The standard InChI is InChI=1S/C19H17N7O2/c27-19(23-28-13-15-7-3-1-4-8-15)17-11-12-25(21-17)14-26-22-18(20-24-26)16-9-5-2-6-10-16/h1-12H,13-14H2,(H,23,27). The first-order valence-electron chi connectivity index (χ1n) is 8.61. The SMILES string of the molecule is O=C(NOCc1ccccc1)c1ccn(Cn2nnc(-c3ccccc3)n2)n1. The summed E-state index contributed by atoms with van der Waals surface area (Å²) in [5, 5.41) is 16.6. The van der Waals surface area contributed by atoms with Crippen LogP contribution in [0.3, 0.4) is 0 Å². The monoisotopic (exact) mass is 375 g/mol. The van der Waals surface area contributed by atoms with E-state index < -0.39 is 5.91 Å². The molecular formula is C19H17N7O2. The lowest BCUT2D eigenvalue weighted by molar-refractivity contribution is 0.0228. The lowest BCUT2D eigenvalue weighted by Gasteiger charge is -2.04. The number of carbonyl (C=O) groups excluding carboxylic acids is 1. The van der Waals surface area contributed by atoms with Gasteiger partial charge in [-0.2, -0.15) is 5.10 Å². The van der Waals surface area contributed by atoms with Gasteiger partial charge in [-0.1, -0.05) is 60.7 Å². The molecule has 0 aliphatic rings. The fraction of sp³-hybridized carbons (Fsp3) is 0.105. The molecule has 2 aromatic heterocycles. The molecule has 9 heteroatoms. The molecule has 140 valence electrons. The van der Waals surface area contributed by atoms with Gasteiger partial charge >= 0.3 is 0 Å². The van der Waals surface area contributed by atoms with Crippen molar-refractivity contribution in [2.75, 3.05) is 0 Å². The summed E-state index contributed by atoms with van der Waals surface area (Å²) in [6.45, 7) is 0.510. The summed E-state index contributed by atoms with van der Waals surface area (Å²) in [6.07, 6.45) is 1.66. The average Bonchev–Trinajstić information content (AvgIpc) is 3.40. The quantitative estimate of drug-likeness (QED) is 0.495. The van der Waals surface area contributed by atoms with E-state index in [0.717, 1.165) is 11.1 Å². The van der Waals surface area contributed by atoms with Crippen molar-refractivity contribution in [3.63, 3.8) is 0 Å². The second-order valence-electron chi connectivity index (χ2n) is 5.94. The van der Waals surface area contributed by atoms with Crippen LogP contribution in [0.25, 0.3) is 11.4 Å². The first kappa shape index (κ1) is 17.6. The Kier molecular flexibility index (Phi) is 5.16. The van der Waals surface area contributed by atoms with Crippen molar-refractivity contribution >= 4 is 5.91 Å². The van der Waals surface area contributed by atoms with Gasteiger partial charge in [0.2, 0.25) is 5.82 Å². The van der Waals surface area contributed by atoms with Crippen molar-refractivity contribution < 1.29 is 9.63 Å². The predicted molar refractivity (Wildman–Crippen MR) is 99.6 cm³/mol. The number of tetrazole rings is 1. The van der Waals surface area contributed by atoms with E-state index in [1.807, 2.05) is 60.7 Å². The van der Waals surface area contributed by atoms with Gasteiger partial charge in [0.05, 0.1) is 6.61 Å². The molecule has 0 saturated heterocycles. The molecule has 28 heavy (non-hydrogen) atoms. The van der Waals surface area contributed by atoms with E-state index >= 15 is 0 Å². The Morgan fingerprint density at radius 3 is 2.50 bits per heavy atom. The van der Waals surface area contributed by atoms with Gasteiger partial charge in [0, 0.05) is 11.8 Å². The number of benzene rings is 2. The summed E-state index contributed by atoms with van der Waals surface area (Å²) in [6, 6.07) is 20.7. The molecule has 9 nitrogen and oxygen atoms in total. The maximum Gasteiger partial charge on any atom is 0.295 e. The van der Waals surface area contributed by atoms with Crippen molar-refractivity contribution in [3.8, 4) is 11.4 Å². The molecule has 1 amide bonds. The van der Waals surface area contributed by atoms with Crippen molar-refractivity contribution in [2.45, 2.75) is 13.3 Å². The Hall–Kier alpha value is -3.85. The lowest BCUT2D eigenvalue weighted by Crippen LogP contribution is -2.24. The van der Waals surface area contributed by atoms with Gasteiger partial charge in [-0.25, -0.2) is 10.2 Å². The Morgan fingerprint density at radius 2 is 1.71 bits per heavy atom. The second-order valence-corrected chi connectivity index (χ2v) is 5.94. The molecule has 2 aromatic carbocycles. The van der Waals surface area contributed by atoms with Gasteiger partial charge < -0.3 is 0 Å². The van der Waals surface area contributed by atoms with Crippen LogP contribution in [-0.2, 0) is 18.1 Å². The minimum atomic E-state index is -0.425. The maximum absolute atomic E-state index is 12.1. The Morgan fingerprint density at radius 1 is 0.964 bits per heavy atom. The van der Waals surface area contributed by atoms with Crippen LogP contribution in [0, 0.1) is 0 Å². The number of hydrogen-bond acceptors (Lipinski definition) is 6. The van der Waals surface area contributed by atoms with Gasteiger partial charge in [-0.3, -0.25) is 9.63 Å². The van der Waals surface area contributed by atoms with Crippen LogP contribution in [0.2, 0.25) is 0 Å². The van der Waals surface area contributed by atoms with Crippen LogP contribution < -0.4 is 5.48 Å². The zero-order valence-electron chi connectivity index (χ0n) is 14.8. The summed E-state index contributed by atoms with van der Waals surface area (Å²) in [7, 11) is 0. The number of hydroxylamine groups is 1.